The van der Waals surface area contributed by atoms with Gasteiger partial charge in [0.15, 0.2) is 11.5 Å². The minimum absolute atomic E-state index is 0.204. The second-order valence-electron chi connectivity index (χ2n) is 5.99. The van der Waals surface area contributed by atoms with Crippen molar-refractivity contribution in [1.29, 1.82) is 0 Å². The molecule has 0 fully saturated rings. The minimum Gasteiger partial charge on any atom is -0.493 e. The molecule has 0 bridgehead atoms. The van der Waals surface area contributed by atoms with Gasteiger partial charge in [0.2, 0.25) is 0 Å². The molecule has 4 nitrogen and oxygen atoms in total. The van der Waals surface area contributed by atoms with E-state index in [1.165, 1.54) is 0 Å². The van der Waals surface area contributed by atoms with Gasteiger partial charge in [-0.15, -0.1) is 0 Å². The maximum absolute atomic E-state index is 12.4. The van der Waals surface area contributed by atoms with Crippen LogP contribution in [0.15, 0.2) is 42.5 Å². The predicted molar refractivity (Wildman–Crippen MR) is 92.3 cm³/mol. The van der Waals surface area contributed by atoms with E-state index in [-0.39, 0.29) is 11.3 Å². The van der Waals surface area contributed by atoms with Crippen LogP contribution in [0.25, 0.3) is 0 Å². The van der Waals surface area contributed by atoms with Crippen LogP contribution in [-0.2, 0) is 5.41 Å². The lowest BCUT2D eigenvalue weighted by molar-refractivity contribution is 0.102. The van der Waals surface area contributed by atoms with Gasteiger partial charge in [0, 0.05) is 11.3 Å². The number of rotatable bonds is 5. The molecule has 0 aromatic heterocycles. The Labute approximate surface area is 137 Å². The smallest absolute Gasteiger partial charge is 0.255 e. The van der Waals surface area contributed by atoms with Gasteiger partial charge in [-0.25, -0.2) is 0 Å². The van der Waals surface area contributed by atoms with E-state index in [1.807, 2.05) is 38.1 Å². The van der Waals surface area contributed by atoms with Crippen molar-refractivity contribution in [3.05, 3.63) is 60.5 Å². The highest BCUT2D eigenvalue weighted by Gasteiger charge is 2.15. The first-order valence-electron chi connectivity index (χ1n) is 7.34. The van der Waals surface area contributed by atoms with Crippen molar-refractivity contribution in [1.82, 2.24) is 0 Å². The van der Waals surface area contributed by atoms with Crippen molar-refractivity contribution in [2.75, 3.05) is 19.5 Å². The number of ether oxygens (including phenoxy) is 2. The standard InChI is InChI=1S/C19H22NO3/c1-19(2,3)14-7-6-8-15(12-14)20-18(21)13-9-10-16(22-4)17(11-13)23-5/h6-12H,1H2,2-5H3,(H,20,21). The van der Waals surface area contributed by atoms with E-state index in [2.05, 4.69) is 12.2 Å². The highest BCUT2D eigenvalue weighted by atomic mass is 16.5. The van der Waals surface area contributed by atoms with Crippen molar-refractivity contribution in [3.63, 3.8) is 0 Å². The van der Waals surface area contributed by atoms with E-state index < -0.39 is 0 Å². The van der Waals surface area contributed by atoms with Crippen molar-refractivity contribution < 1.29 is 14.3 Å². The number of hydrogen-bond donors (Lipinski definition) is 1. The van der Waals surface area contributed by atoms with Crippen molar-refractivity contribution in [3.8, 4) is 11.5 Å². The third-order valence-corrected chi connectivity index (χ3v) is 3.55. The zero-order chi connectivity index (χ0) is 17.0. The zero-order valence-electron chi connectivity index (χ0n) is 14.0. The molecule has 2 aromatic carbocycles. The van der Waals surface area contributed by atoms with Gasteiger partial charge < -0.3 is 14.8 Å². The lowest BCUT2D eigenvalue weighted by atomic mass is 9.87. The Morgan fingerprint density at radius 1 is 1.04 bits per heavy atom. The first-order chi connectivity index (χ1) is 10.8. The highest BCUT2D eigenvalue weighted by Crippen LogP contribution is 2.28. The van der Waals surface area contributed by atoms with Crippen molar-refractivity contribution in [2.24, 2.45) is 0 Å². The van der Waals surface area contributed by atoms with E-state index >= 15 is 0 Å². The fourth-order valence-corrected chi connectivity index (χ4v) is 2.20. The Hall–Kier alpha value is -2.49. The van der Waals surface area contributed by atoms with Gasteiger partial charge >= 0.3 is 0 Å². The van der Waals surface area contributed by atoms with Crippen LogP contribution in [-0.4, -0.2) is 20.1 Å². The third-order valence-electron chi connectivity index (χ3n) is 3.55. The van der Waals surface area contributed by atoms with E-state index in [9.17, 15) is 4.79 Å². The summed E-state index contributed by atoms with van der Waals surface area (Å²) in [4.78, 5) is 12.4. The van der Waals surface area contributed by atoms with Crippen LogP contribution >= 0.6 is 0 Å². The van der Waals surface area contributed by atoms with Gasteiger partial charge in [0.25, 0.3) is 5.91 Å². The lowest BCUT2D eigenvalue weighted by Crippen LogP contribution is -2.15. The van der Waals surface area contributed by atoms with E-state index in [0.29, 0.717) is 17.1 Å². The lowest BCUT2D eigenvalue weighted by Gasteiger charge is -2.19. The molecule has 0 heterocycles. The summed E-state index contributed by atoms with van der Waals surface area (Å²) in [6, 6.07) is 12.8. The van der Waals surface area contributed by atoms with Crippen molar-refractivity contribution >= 4 is 11.6 Å². The molecule has 2 aromatic rings. The van der Waals surface area contributed by atoms with Crippen LogP contribution in [0, 0.1) is 6.92 Å². The van der Waals surface area contributed by atoms with Gasteiger partial charge in [-0.3, -0.25) is 4.79 Å². The highest BCUT2D eigenvalue weighted by molar-refractivity contribution is 6.04. The molecule has 121 valence electrons. The van der Waals surface area contributed by atoms with Gasteiger partial charge in [-0.1, -0.05) is 26.0 Å². The van der Waals surface area contributed by atoms with Crippen LogP contribution in [0.5, 0.6) is 11.5 Å². The van der Waals surface area contributed by atoms with Gasteiger partial charge in [0.05, 0.1) is 14.2 Å². The molecule has 0 unspecified atom stereocenters. The molecule has 2 rings (SSSR count). The molecule has 23 heavy (non-hydrogen) atoms. The number of nitrogens with one attached hydrogen (secondary N) is 1. The molecule has 1 N–H and O–H groups in total. The number of benzene rings is 2. The monoisotopic (exact) mass is 312 g/mol. The summed E-state index contributed by atoms with van der Waals surface area (Å²) in [5, 5.41) is 2.90. The summed E-state index contributed by atoms with van der Waals surface area (Å²) in [7, 11) is 3.10. The first kappa shape index (κ1) is 16.9. The summed E-state index contributed by atoms with van der Waals surface area (Å²) < 4.78 is 10.4. The van der Waals surface area contributed by atoms with Crippen molar-refractivity contribution in [2.45, 2.75) is 19.3 Å². The molecule has 0 atom stereocenters. The Morgan fingerprint density at radius 3 is 2.35 bits per heavy atom. The normalized spacial score (nSPS) is 11.0. The average Bonchev–Trinajstić information content (AvgIpc) is 2.53. The fraction of sp³-hybridized carbons (Fsp3) is 0.263. The molecular formula is C19H22NO3. The second kappa shape index (κ2) is 6.73. The Kier molecular flexibility index (Phi) is 4.94. The fourth-order valence-electron chi connectivity index (χ4n) is 2.20. The maximum Gasteiger partial charge on any atom is 0.255 e. The topological polar surface area (TPSA) is 47.6 Å². The molecule has 1 radical (unpaired) electrons. The summed E-state index contributed by atoms with van der Waals surface area (Å²) in [5.74, 6) is 0.905. The molecule has 0 aliphatic rings. The first-order valence-corrected chi connectivity index (χ1v) is 7.34. The Balaban J connectivity index is 2.22. The molecule has 4 heteroatoms. The largest absolute Gasteiger partial charge is 0.493 e. The van der Waals surface area contributed by atoms with Crippen LogP contribution in [0.1, 0.15) is 29.8 Å². The molecular weight excluding hydrogens is 290 g/mol. The Morgan fingerprint density at radius 2 is 1.74 bits per heavy atom. The van der Waals surface area contributed by atoms with Crippen LogP contribution in [0.4, 0.5) is 5.69 Å². The van der Waals surface area contributed by atoms with Gasteiger partial charge in [-0.2, -0.15) is 0 Å². The summed E-state index contributed by atoms with van der Waals surface area (Å²) in [6.45, 7) is 8.18. The number of amides is 1. The summed E-state index contributed by atoms with van der Waals surface area (Å²) >= 11 is 0. The zero-order valence-corrected chi connectivity index (χ0v) is 14.0. The molecule has 0 saturated heterocycles. The average molecular weight is 312 g/mol. The molecule has 1 amide bonds. The second-order valence-corrected chi connectivity index (χ2v) is 5.99. The van der Waals surface area contributed by atoms with Gasteiger partial charge in [0.1, 0.15) is 0 Å². The van der Waals surface area contributed by atoms with Gasteiger partial charge in [-0.05, 0) is 48.2 Å². The van der Waals surface area contributed by atoms with E-state index in [4.69, 9.17) is 9.47 Å². The molecule has 0 saturated carbocycles. The number of carbonyl (C=O) groups is 1. The molecule has 0 aliphatic heterocycles. The van der Waals surface area contributed by atoms with Crippen LogP contribution in [0.2, 0.25) is 0 Å². The maximum atomic E-state index is 12.4. The number of carbonyl (C=O) groups excluding carboxylic acids is 1. The minimum atomic E-state index is -0.218. The van der Waals surface area contributed by atoms with Crippen LogP contribution < -0.4 is 14.8 Å². The third kappa shape index (κ3) is 4.03. The van der Waals surface area contributed by atoms with Crippen LogP contribution in [0.3, 0.4) is 0 Å². The number of hydrogen-bond acceptors (Lipinski definition) is 3. The molecule has 0 spiro atoms. The predicted octanol–water partition coefficient (Wildman–Crippen LogP) is 4.07. The summed E-state index contributed by atoms with van der Waals surface area (Å²) in [6.07, 6.45) is 0. The number of anilines is 1. The summed E-state index contributed by atoms with van der Waals surface area (Å²) in [5.41, 5.74) is 2.08. The van der Waals surface area contributed by atoms with E-state index in [1.54, 1.807) is 32.4 Å². The van der Waals surface area contributed by atoms with E-state index in [0.717, 1.165) is 11.3 Å². The SMILES string of the molecule is [CH2]C(C)(C)c1cccc(NC(=O)c2ccc(OC)c(OC)c2)c1. The quantitative estimate of drug-likeness (QED) is 0.905. The number of methoxy groups -OCH3 is 2. The Bertz CT molecular complexity index is 702. The molecule has 0 aliphatic carbocycles.